The minimum atomic E-state index is -0.504. The number of nitrogens with one attached hydrogen (secondary N) is 1. The van der Waals surface area contributed by atoms with Gasteiger partial charge in [-0.15, -0.1) is 0 Å². The Hall–Kier alpha value is -1.35. The quantitative estimate of drug-likeness (QED) is 0.735. The van der Waals surface area contributed by atoms with Crippen molar-refractivity contribution in [3.8, 4) is 0 Å². The molecule has 0 spiro atoms. The van der Waals surface area contributed by atoms with Crippen LogP contribution in [-0.4, -0.2) is 4.98 Å². The Morgan fingerprint density at radius 3 is 2.67 bits per heavy atom. The zero-order valence-corrected chi connectivity index (χ0v) is 9.07. The van der Waals surface area contributed by atoms with E-state index in [0.29, 0.717) is 21.8 Å². The Bertz CT molecular complexity index is 604. The van der Waals surface area contributed by atoms with Crippen LogP contribution >= 0.6 is 11.6 Å². The molecular formula is C11H9ClFNO. The fourth-order valence-electron chi connectivity index (χ4n) is 1.61. The molecule has 4 heteroatoms. The lowest BCUT2D eigenvalue weighted by Gasteiger charge is -2.05. The first-order valence-corrected chi connectivity index (χ1v) is 4.86. The third kappa shape index (κ3) is 1.53. The highest BCUT2D eigenvalue weighted by Gasteiger charge is 2.12. The zero-order chi connectivity index (χ0) is 11.2. The van der Waals surface area contributed by atoms with E-state index >= 15 is 0 Å². The summed E-state index contributed by atoms with van der Waals surface area (Å²) >= 11 is 5.94. The van der Waals surface area contributed by atoms with Crippen LogP contribution in [0.4, 0.5) is 4.39 Å². The number of fused-ring (bicyclic) bond motifs is 1. The van der Waals surface area contributed by atoms with Gasteiger partial charge in [-0.05, 0) is 25.5 Å². The Balaban J connectivity index is 3.10. The van der Waals surface area contributed by atoms with Gasteiger partial charge < -0.3 is 4.98 Å². The third-order valence-electron chi connectivity index (χ3n) is 2.31. The van der Waals surface area contributed by atoms with Crippen molar-refractivity contribution in [1.82, 2.24) is 4.98 Å². The van der Waals surface area contributed by atoms with Gasteiger partial charge in [0.15, 0.2) is 5.43 Å². The molecule has 0 amide bonds. The summed E-state index contributed by atoms with van der Waals surface area (Å²) in [5.74, 6) is -0.504. The molecule has 0 aliphatic heterocycles. The normalized spacial score (nSPS) is 10.9. The van der Waals surface area contributed by atoms with Gasteiger partial charge in [0.1, 0.15) is 5.82 Å². The smallest absolute Gasteiger partial charge is 0.192 e. The number of halogens is 2. The lowest BCUT2D eigenvalue weighted by atomic mass is 10.1. The number of hydrogen-bond donors (Lipinski definition) is 1. The number of H-pyrrole nitrogens is 1. The number of aromatic amines is 1. The monoisotopic (exact) mass is 225 g/mol. The molecule has 0 saturated carbocycles. The lowest BCUT2D eigenvalue weighted by molar-refractivity contribution is 0.629. The first kappa shape index (κ1) is 10.2. The summed E-state index contributed by atoms with van der Waals surface area (Å²) in [5, 5.41) is 0.398. The molecule has 0 bridgehead atoms. The van der Waals surface area contributed by atoms with Gasteiger partial charge in [-0.3, -0.25) is 4.79 Å². The van der Waals surface area contributed by atoms with E-state index in [2.05, 4.69) is 4.98 Å². The Kier molecular flexibility index (Phi) is 2.27. The number of pyridine rings is 1. The SMILES string of the molecule is Cc1cc(=O)c2c(F)c(C)cc(Cl)c2[nH]1. The Morgan fingerprint density at radius 1 is 1.33 bits per heavy atom. The molecule has 78 valence electrons. The van der Waals surface area contributed by atoms with Crippen LogP contribution < -0.4 is 5.43 Å². The molecule has 0 fully saturated rings. The predicted octanol–water partition coefficient (Wildman–Crippen LogP) is 2.94. The standard InChI is InChI=1S/C11H9ClFNO/c1-5-3-7(12)11-9(10(5)13)8(15)4-6(2)14-11/h3-4H,1-2H3,(H,14,15). The van der Waals surface area contributed by atoms with Gasteiger partial charge in [0.05, 0.1) is 15.9 Å². The molecule has 0 atom stereocenters. The molecule has 1 N–H and O–H groups in total. The van der Waals surface area contributed by atoms with E-state index in [-0.39, 0.29) is 10.8 Å². The van der Waals surface area contributed by atoms with Gasteiger partial charge >= 0.3 is 0 Å². The van der Waals surface area contributed by atoms with Crippen LogP contribution in [0.25, 0.3) is 10.9 Å². The number of rotatable bonds is 0. The van der Waals surface area contributed by atoms with Crippen molar-refractivity contribution >= 4 is 22.5 Å². The average molecular weight is 226 g/mol. The first-order valence-electron chi connectivity index (χ1n) is 4.49. The largest absolute Gasteiger partial charge is 0.357 e. The number of hydrogen-bond acceptors (Lipinski definition) is 1. The van der Waals surface area contributed by atoms with E-state index in [1.54, 1.807) is 13.8 Å². The van der Waals surface area contributed by atoms with Gasteiger partial charge in [-0.2, -0.15) is 0 Å². The maximum atomic E-state index is 13.7. The van der Waals surface area contributed by atoms with E-state index in [9.17, 15) is 9.18 Å². The van der Waals surface area contributed by atoms with Crippen molar-refractivity contribution in [2.45, 2.75) is 13.8 Å². The van der Waals surface area contributed by atoms with Gasteiger partial charge in [-0.1, -0.05) is 11.6 Å². The second-order valence-corrected chi connectivity index (χ2v) is 3.96. The second-order valence-electron chi connectivity index (χ2n) is 3.56. The lowest BCUT2D eigenvalue weighted by Crippen LogP contribution is -2.06. The molecule has 1 heterocycles. The highest BCUT2D eigenvalue weighted by Crippen LogP contribution is 2.24. The van der Waals surface area contributed by atoms with Crippen molar-refractivity contribution in [1.29, 1.82) is 0 Å². The Morgan fingerprint density at radius 2 is 2.00 bits per heavy atom. The van der Waals surface area contributed by atoms with Crippen molar-refractivity contribution in [2.75, 3.05) is 0 Å². The van der Waals surface area contributed by atoms with Crippen molar-refractivity contribution < 1.29 is 4.39 Å². The molecule has 1 aromatic carbocycles. The molecule has 2 rings (SSSR count). The van der Waals surface area contributed by atoms with E-state index < -0.39 is 5.82 Å². The average Bonchev–Trinajstić information content (AvgIpc) is 2.13. The van der Waals surface area contributed by atoms with Crippen LogP contribution in [0, 0.1) is 19.7 Å². The molecule has 2 nitrogen and oxygen atoms in total. The van der Waals surface area contributed by atoms with Crippen molar-refractivity contribution in [2.24, 2.45) is 0 Å². The highest BCUT2D eigenvalue weighted by molar-refractivity contribution is 6.35. The maximum absolute atomic E-state index is 13.7. The summed E-state index contributed by atoms with van der Waals surface area (Å²) in [6.45, 7) is 3.31. The zero-order valence-electron chi connectivity index (χ0n) is 8.32. The molecule has 1 aromatic heterocycles. The number of benzene rings is 1. The molecule has 0 aliphatic carbocycles. The molecule has 0 saturated heterocycles. The summed E-state index contributed by atoms with van der Waals surface area (Å²) < 4.78 is 13.7. The molecule has 0 unspecified atom stereocenters. The van der Waals surface area contributed by atoms with Gasteiger partial charge in [0.25, 0.3) is 0 Å². The van der Waals surface area contributed by atoms with Crippen molar-refractivity contribution in [3.63, 3.8) is 0 Å². The van der Waals surface area contributed by atoms with E-state index in [1.165, 1.54) is 12.1 Å². The van der Waals surface area contributed by atoms with Crippen LogP contribution in [0.3, 0.4) is 0 Å². The predicted molar refractivity (Wildman–Crippen MR) is 59.0 cm³/mol. The number of aromatic nitrogens is 1. The van der Waals surface area contributed by atoms with Crippen LogP contribution in [0.5, 0.6) is 0 Å². The fourth-order valence-corrected chi connectivity index (χ4v) is 1.91. The van der Waals surface area contributed by atoms with Crippen LogP contribution in [0.2, 0.25) is 5.02 Å². The van der Waals surface area contributed by atoms with Gasteiger partial charge in [0, 0.05) is 11.8 Å². The second kappa shape index (κ2) is 3.35. The minimum Gasteiger partial charge on any atom is -0.357 e. The fraction of sp³-hybridized carbons (Fsp3) is 0.182. The molecule has 0 aliphatic rings. The minimum absolute atomic E-state index is 0.0330. The highest BCUT2D eigenvalue weighted by atomic mass is 35.5. The van der Waals surface area contributed by atoms with E-state index in [4.69, 9.17) is 11.6 Å². The van der Waals surface area contributed by atoms with Crippen molar-refractivity contribution in [3.05, 3.63) is 44.5 Å². The molecule has 15 heavy (non-hydrogen) atoms. The number of aryl methyl sites for hydroxylation is 2. The van der Waals surface area contributed by atoms with Crippen LogP contribution in [0.1, 0.15) is 11.3 Å². The Labute approximate surface area is 90.7 Å². The first-order chi connectivity index (χ1) is 7.00. The molecule has 2 aromatic rings. The summed E-state index contributed by atoms with van der Waals surface area (Å²) in [6.07, 6.45) is 0. The summed E-state index contributed by atoms with van der Waals surface area (Å²) in [7, 11) is 0. The van der Waals surface area contributed by atoms with E-state index in [1.807, 2.05) is 0 Å². The van der Waals surface area contributed by atoms with Crippen LogP contribution in [-0.2, 0) is 0 Å². The maximum Gasteiger partial charge on any atom is 0.192 e. The van der Waals surface area contributed by atoms with Crippen LogP contribution in [0.15, 0.2) is 16.9 Å². The summed E-state index contributed by atoms with van der Waals surface area (Å²) in [4.78, 5) is 14.5. The topological polar surface area (TPSA) is 32.9 Å². The summed E-state index contributed by atoms with van der Waals surface area (Å²) in [6, 6.07) is 2.87. The van der Waals surface area contributed by atoms with E-state index in [0.717, 1.165) is 0 Å². The van der Waals surface area contributed by atoms with Gasteiger partial charge in [-0.25, -0.2) is 4.39 Å². The van der Waals surface area contributed by atoms with Gasteiger partial charge in [0.2, 0.25) is 0 Å². The molecule has 0 radical (unpaired) electrons. The third-order valence-corrected chi connectivity index (χ3v) is 2.61. The molecular weight excluding hydrogens is 217 g/mol. The summed E-state index contributed by atoms with van der Waals surface area (Å²) in [5.41, 5.74) is 1.06.